The molecule has 0 atom stereocenters. The fraction of sp³-hybridized carbons (Fsp3) is 0.636. The highest BCUT2D eigenvalue weighted by atomic mass is 35.5. The summed E-state index contributed by atoms with van der Waals surface area (Å²) in [6, 6.07) is 4.52. The normalized spacial score (nSPS) is 10.6. The van der Waals surface area contributed by atoms with E-state index in [9.17, 15) is 9.59 Å². The van der Waals surface area contributed by atoms with Crippen LogP contribution in [0.5, 0.6) is 0 Å². The predicted molar refractivity (Wildman–Crippen MR) is 114 cm³/mol. The van der Waals surface area contributed by atoms with E-state index < -0.39 is 5.97 Å². The predicted octanol–water partition coefficient (Wildman–Crippen LogP) is 5.93. The molecule has 158 valence electrons. The molecular formula is C22H34ClNO4. The van der Waals surface area contributed by atoms with Crippen molar-refractivity contribution in [1.82, 2.24) is 0 Å². The molecule has 0 saturated carbocycles. The molecule has 0 bridgehead atoms. The number of hydrogen-bond donors (Lipinski definition) is 1. The van der Waals surface area contributed by atoms with Gasteiger partial charge in [-0.2, -0.15) is 0 Å². The molecule has 0 spiro atoms. The molecule has 0 radical (unpaired) electrons. The molecule has 0 aliphatic heterocycles. The standard InChI is InChI=1S/C22H34ClNO4/c1-2-3-4-5-6-7-8-9-10-11-15-27-21(25)14-16-28-22(26)18-12-13-19(23)20(24)17-18/h12-13,17H,2-11,14-16,24H2,1H3. The Morgan fingerprint density at radius 3 is 2.11 bits per heavy atom. The van der Waals surface area contributed by atoms with E-state index in [0.29, 0.717) is 22.9 Å². The molecular weight excluding hydrogens is 378 g/mol. The van der Waals surface area contributed by atoms with Crippen LogP contribution < -0.4 is 5.73 Å². The van der Waals surface area contributed by atoms with Gasteiger partial charge in [-0.15, -0.1) is 0 Å². The number of esters is 2. The van der Waals surface area contributed by atoms with Gasteiger partial charge in [0.15, 0.2) is 0 Å². The summed E-state index contributed by atoms with van der Waals surface area (Å²) in [4.78, 5) is 23.5. The maximum atomic E-state index is 11.9. The van der Waals surface area contributed by atoms with E-state index in [0.717, 1.165) is 12.8 Å². The summed E-state index contributed by atoms with van der Waals surface area (Å²) in [7, 11) is 0. The van der Waals surface area contributed by atoms with Gasteiger partial charge in [-0.3, -0.25) is 4.79 Å². The number of carbonyl (C=O) groups excluding carboxylic acids is 2. The highest BCUT2D eigenvalue weighted by Gasteiger charge is 2.10. The fourth-order valence-electron chi connectivity index (χ4n) is 2.83. The summed E-state index contributed by atoms with van der Waals surface area (Å²) in [6.07, 6.45) is 12.4. The molecule has 0 fully saturated rings. The molecule has 6 heteroatoms. The molecule has 2 N–H and O–H groups in total. The molecule has 1 aromatic carbocycles. The third-order valence-corrected chi connectivity index (χ3v) is 4.88. The molecule has 0 amide bonds. The van der Waals surface area contributed by atoms with Crippen molar-refractivity contribution in [2.45, 2.75) is 77.6 Å². The van der Waals surface area contributed by atoms with Crippen molar-refractivity contribution in [3.63, 3.8) is 0 Å². The van der Waals surface area contributed by atoms with Gasteiger partial charge in [0.2, 0.25) is 0 Å². The minimum atomic E-state index is -0.536. The van der Waals surface area contributed by atoms with Gasteiger partial charge in [-0.05, 0) is 24.6 Å². The van der Waals surface area contributed by atoms with Gasteiger partial charge in [0, 0.05) is 0 Å². The molecule has 0 aliphatic carbocycles. The van der Waals surface area contributed by atoms with Gasteiger partial charge >= 0.3 is 11.9 Å². The highest BCUT2D eigenvalue weighted by Crippen LogP contribution is 2.20. The van der Waals surface area contributed by atoms with Crippen molar-refractivity contribution in [2.24, 2.45) is 0 Å². The SMILES string of the molecule is CCCCCCCCCCCCOC(=O)CCOC(=O)c1ccc(Cl)c(N)c1. The fourth-order valence-corrected chi connectivity index (χ4v) is 2.95. The van der Waals surface area contributed by atoms with Crippen LogP contribution in [0.4, 0.5) is 5.69 Å². The summed E-state index contributed by atoms with van der Waals surface area (Å²) >= 11 is 5.81. The van der Waals surface area contributed by atoms with Crippen LogP contribution in [0, 0.1) is 0 Å². The lowest BCUT2D eigenvalue weighted by Crippen LogP contribution is -2.13. The van der Waals surface area contributed by atoms with Gasteiger partial charge in [0.25, 0.3) is 0 Å². The van der Waals surface area contributed by atoms with Gasteiger partial charge in [0.05, 0.1) is 29.3 Å². The number of unbranched alkanes of at least 4 members (excludes halogenated alkanes) is 9. The number of benzene rings is 1. The minimum absolute atomic E-state index is 0.0156. The number of hydrogen-bond acceptors (Lipinski definition) is 5. The van der Waals surface area contributed by atoms with E-state index >= 15 is 0 Å². The number of rotatable bonds is 15. The topological polar surface area (TPSA) is 78.6 Å². The third kappa shape index (κ3) is 11.2. The Bertz CT molecular complexity index is 592. The number of halogens is 1. The number of anilines is 1. The van der Waals surface area contributed by atoms with Crippen molar-refractivity contribution < 1.29 is 19.1 Å². The summed E-state index contributed by atoms with van der Waals surface area (Å²) in [5.74, 6) is -0.884. The number of nitrogens with two attached hydrogens (primary N) is 1. The van der Waals surface area contributed by atoms with Gasteiger partial charge < -0.3 is 15.2 Å². The summed E-state index contributed by atoms with van der Waals surface area (Å²) in [6.45, 7) is 2.65. The van der Waals surface area contributed by atoms with E-state index in [2.05, 4.69) is 6.92 Å². The first-order valence-electron chi connectivity index (χ1n) is 10.4. The zero-order valence-corrected chi connectivity index (χ0v) is 17.8. The van der Waals surface area contributed by atoms with Crippen molar-refractivity contribution in [3.8, 4) is 0 Å². The van der Waals surface area contributed by atoms with Crippen molar-refractivity contribution in [2.75, 3.05) is 18.9 Å². The van der Waals surface area contributed by atoms with E-state index in [1.807, 2.05) is 0 Å². The summed E-state index contributed by atoms with van der Waals surface area (Å²) in [5.41, 5.74) is 6.27. The van der Waals surface area contributed by atoms with Crippen LogP contribution >= 0.6 is 11.6 Å². The van der Waals surface area contributed by atoms with Crippen molar-refractivity contribution >= 4 is 29.2 Å². The second-order valence-corrected chi connectivity index (χ2v) is 7.43. The average molecular weight is 412 g/mol. The van der Waals surface area contributed by atoms with Gasteiger partial charge in [0.1, 0.15) is 6.61 Å². The second kappa shape index (κ2) is 15.2. The number of ether oxygens (including phenoxy) is 2. The molecule has 5 nitrogen and oxygen atoms in total. The minimum Gasteiger partial charge on any atom is -0.466 e. The average Bonchev–Trinajstić information content (AvgIpc) is 2.68. The van der Waals surface area contributed by atoms with Crippen molar-refractivity contribution in [3.05, 3.63) is 28.8 Å². The maximum absolute atomic E-state index is 11.9. The van der Waals surface area contributed by atoms with Gasteiger partial charge in [-0.1, -0.05) is 76.3 Å². The first-order valence-corrected chi connectivity index (χ1v) is 10.8. The number of nitrogen functional groups attached to an aromatic ring is 1. The zero-order valence-electron chi connectivity index (χ0n) is 17.0. The lowest BCUT2D eigenvalue weighted by atomic mass is 10.1. The Balaban J connectivity index is 1.98. The van der Waals surface area contributed by atoms with E-state index in [-0.39, 0.29) is 19.0 Å². The van der Waals surface area contributed by atoms with E-state index in [1.165, 1.54) is 69.6 Å². The largest absolute Gasteiger partial charge is 0.466 e. The quantitative estimate of drug-likeness (QED) is 0.219. The van der Waals surface area contributed by atoms with Crippen LogP contribution in [0.3, 0.4) is 0 Å². The van der Waals surface area contributed by atoms with Crippen LogP contribution in [0.2, 0.25) is 5.02 Å². The van der Waals surface area contributed by atoms with Crippen LogP contribution in [-0.2, 0) is 14.3 Å². The molecule has 1 aromatic rings. The molecule has 0 aromatic heterocycles. The summed E-state index contributed by atoms with van der Waals surface area (Å²) < 4.78 is 10.2. The van der Waals surface area contributed by atoms with Gasteiger partial charge in [-0.25, -0.2) is 4.79 Å². The molecule has 0 unspecified atom stereocenters. The zero-order chi connectivity index (χ0) is 20.6. The van der Waals surface area contributed by atoms with Crippen LogP contribution in [0.25, 0.3) is 0 Å². The Labute approximate surface area is 173 Å². The number of carbonyl (C=O) groups is 2. The Morgan fingerprint density at radius 2 is 1.50 bits per heavy atom. The molecule has 28 heavy (non-hydrogen) atoms. The lowest BCUT2D eigenvalue weighted by Gasteiger charge is -2.07. The second-order valence-electron chi connectivity index (χ2n) is 7.02. The Morgan fingerprint density at radius 1 is 0.893 bits per heavy atom. The summed E-state index contributed by atoms with van der Waals surface area (Å²) in [5, 5.41) is 0.382. The first-order chi connectivity index (χ1) is 13.5. The monoisotopic (exact) mass is 411 g/mol. The molecule has 0 heterocycles. The highest BCUT2D eigenvalue weighted by molar-refractivity contribution is 6.33. The smallest absolute Gasteiger partial charge is 0.338 e. The first kappa shape index (κ1) is 24.3. The molecule has 0 saturated heterocycles. The van der Waals surface area contributed by atoms with Crippen LogP contribution in [0.1, 0.15) is 87.9 Å². The molecule has 0 aliphatic rings. The maximum Gasteiger partial charge on any atom is 0.338 e. The van der Waals surface area contributed by atoms with Crippen LogP contribution in [0.15, 0.2) is 18.2 Å². The Kier molecular flexibility index (Phi) is 13.2. The lowest BCUT2D eigenvalue weighted by molar-refractivity contribution is -0.144. The van der Waals surface area contributed by atoms with E-state index in [4.69, 9.17) is 26.8 Å². The molecule has 1 rings (SSSR count). The van der Waals surface area contributed by atoms with Crippen LogP contribution in [-0.4, -0.2) is 25.2 Å². The van der Waals surface area contributed by atoms with E-state index in [1.54, 1.807) is 0 Å². The van der Waals surface area contributed by atoms with Crippen molar-refractivity contribution in [1.29, 1.82) is 0 Å². The Hall–Kier alpha value is -1.75. The third-order valence-electron chi connectivity index (χ3n) is 4.53.